The largest absolute Gasteiger partial charge is 0.355 e. The molecule has 0 spiro atoms. The van der Waals surface area contributed by atoms with Gasteiger partial charge in [0.1, 0.15) is 17.3 Å². The van der Waals surface area contributed by atoms with Crippen molar-refractivity contribution in [2.45, 2.75) is 51.5 Å². The summed E-state index contributed by atoms with van der Waals surface area (Å²) in [5.41, 5.74) is 0.667. The minimum Gasteiger partial charge on any atom is -0.350 e. The van der Waals surface area contributed by atoms with Crippen LogP contribution in [0.3, 0.4) is 0 Å². The number of piperazine rings is 1. The van der Waals surface area contributed by atoms with Gasteiger partial charge in [0.25, 0.3) is 0 Å². The predicted molar refractivity (Wildman–Crippen MR) is 167 cm³/mol. The van der Waals surface area contributed by atoms with Crippen molar-refractivity contribution < 1.29 is 18.4 Å². The molecule has 0 saturated carbocycles. The van der Waals surface area contributed by atoms with Crippen molar-refractivity contribution in [2.24, 2.45) is 0 Å². The number of nitrogens with zero attached hydrogens (tertiary/aromatic N) is 6. The molecular formula is C32H32F2N6O3S. The zero-order valence-electron chi connectivity index (χ0n) is 25.1. The van der Waals surface area contributed by atoms with Crippen LogP contribution in [-0.4, -0.2) is 61.1 Å². The number of halogens is 2. The summed E-state index contributed by atoms with van der Waals surface area (Å²) in [6.45, 7) is 13.5. The van der Waals surface area contributed by atoms with Crippen molar-refractivity contribution in [3.8, 4) is 16.9 Å². The van der Waals surface area contributed by atoms with Crippen molar-refractivity contribution >= 4 is 39.6 Å². The second kappa shape index (κ2) is 12.3. The molecule has 44 heavy (non-hydrogen) atoms. The first kappa shape index (κ1) is 31.0. The first-order chi connectivity index (χ1) is 20.9. The Balaban J connectivity index is 1.84. The molecule has 1 saturated heterocycles. The standard InChI is InChI=1S/C32H32F2N6O3S/c1-7-25(42)38-13-14-39(19(5)16-38)30-21-15-23(34)28(26-22(33)9-8-10-24(26)44-20(6)41)36-31(21)40(32(43)37-30)29-18(4)11-12-35-27(29)17(2)3/h7-12,15,17,19H,1,13-14,16H2,2-6H3/t19-/m0/s1. The molecule has 9 nitrogen and oxygen atoms in total. The molecule has 12 heteroatoms. The summed E-state index contributed by atoms with van der Waals surface area (Å²) in [6.07, 6.45) is 2.90. The van der Waals surface area contributed by atoms with Crippen LogP contribution in [0.2, 0.25) is 0 Å². The van der Waals surface area contributed by atoms with E-state index in [0.29, 0.717) is 31.0 Å². The van der Waals surface area contributed by atoms with Crippen molar-refractivity contribution in [1.82, 2.24) is 24.4 Å². The molecule has 228 valence electrons. The first-order valence-corrected chi connectivity index (χ1v) is 15.0. The lowest BCUT2D eigenvalue weighted by Crippen LogP contribution is -2.54. The van der Waals surface area contributed by atoms with Gasteiger partial charge in [-0.1, -0.05) is 38.3 Å². The van der Waals surface area contributed by atoms with Crippen molar-refractivity contribution in [3.63, 3.8) is 0 Å². The van der Waals surface area contributed by atoms with Crippen molar-refractivity contribution in [2.75, 3.05) is 24.5 Å². The quantitative estimate of drug-likeness (QED) is 0.209. The summed E-state index contributed by atoms with van der Waals surface area (Å²) in [6, 6.07) is 6.82. The van der Waals surface area contributed by atoms with Gasteiger partial charge in [-0.25, -0.2) is 23.1 Å². The summed E-state index contributed by atoms with van der Waals surface area (Å²) < 4.78 is 32.8. The molecule has 0 unspecified atom stereocenters. The molecule has 0 N–H and O–H groups in total. The molecule has 4 aromatic rings. The number of hydrogen-bond acceptors (Lipinski definition) is 8. The van der Waals surface area contributed by atoms with Gasteiger partial charge >= 0.3 is 5.69 Å². The van der Waals surface area contributed by atoms with Gasteiger partial charge in [0, 0.05) is 43.7 Å². The van der Waals surface area contributed by atoms with E-state index in [1.165, 1.54) is 41.8 Å². The molecule has 0 aliphatic carbocycles. The number of aromatic nitrogens is 4. The zero-order chi connectivity index (χ0) is 31.9. The van der Waals surface area contributed by atoms with Gasteiger partial charge in [-0.2, -0.15) is 4.98 Å². The smallest absolute Gasteiger partial charge is 0.350 e. The van der Waals surface area contributed by atoms with Gasteiger partial charge in [-0.15, -0.1) is 0 Å². The molecule has 5 rings (SSSR count). The Morgan fingerprint density at radius 3 is 2.55 bits per heavy atom. The Morgan fingerprint density at radius 2 is 1.89 bits per heavy atom. The van der Waals surface area contributed by atoms with Gasteiger partial charge < -0.3 is 9.80 Å². The number of aryl methyl sites for hydroxylation is 1. The lowest BCUT2D eigenvalue weighted by Gasteiger charge is -2.40. The van der Waals surface area contributed by atoms with E-state index in [4.69, 9.17) is 0 Å². The number of carbonyl (C=O) groups is 2. The van der Waals surface area contributed by atoms with Gasteiger partial charge in [0.15, 0.2) is 16.6 Å². The fourth-order valence-electron chi connectivity index (χ4n) is 5.56. The molecule has 4 heterocycles. The van der Waals surface area contributed by atoms with Crippen LogP contribution in [0.25, 0.3) is 28.0 Å². The Hall–Kier alpha value is -4.45. The average Bonchev–Trinajstić information content (AvgIpc) is 2.97. The van der Waals surface area contributed by atoms with Gasteiger partial charge in [-0.3, -0.25) is 14.6 Å². The highest BCUT2D eigenvalue weighted by Gasteiger charge is 2.31. The van der Waals surface area contributed by atoms with E-state index in [1.54, 1.807) is 17.2 Å². The molecule has 0 bridgehead atoms. The molecule has 0 radical (unpaired) electrons. The Morgan fingerprint density at radius 1 is 1.14 bits per heavy atom. The molecular weight excluding hydrogens is 586 g/mol. The number of fused-ring (bicyclic) bond motifs is 1. The van der Waals surface area contributed by atoms with E-state index in [2.05, 4.69) is 21.5 Å². The van der Waals surface area contributed by atoms with Crippen LogP contribution in [0.4, 0.5) is 14.6 Å². The Bertz CT molecular complexity index is 1880. The van der Waals surface area contributed by atoms with E-state index in [9.17, 15) is 14.4 Å². The summed E-state index contributed by atoms with van der Waals surface area (Å²) in [4.78, 5) is 55.6. The van der Waals surface area contributed by atoms with E-state index in [1.807, 2.05) is 32.6 Å². The zero-order valence-corrected chi connectivity index (χ0v) is 25.9. The summed E-state index contributed by atoms with van der Waals surface area (Å²) in [7, 11) is 0. The van der Waals surface area contributed by atoms with Crippen molar-refractivity contribution in [3.05, 3.63) is 82.6 Å². The van der Waals surface area contributed by atoms with Gasteiger partial charge in [-0.05, 0) is 55.7 Å². The van der Waals surface area contributed by atoms with E-state index < -0.39 is 17.3 Å². The summed E-state index contributed by atoms with van der Waals surface area (Å²) >= 11 is 0.767. The lowest BCUT2D eigenvalue weighted by molar-refractivity contribution is -0.126. The van der Waals surface area contributed by atoms with Gasteiger partial charge in [0.05, 0.1) is 22.3 Å². The fourth-order valence-corrected chi connectivity index (χ4v) is 6.31. The lowest BCUT2D eigenvalue weighted by atomic mass is 10.0. The Labute approximate surface area is 257 Å². The van der Waals surface area contributed by atoms with E-state index in [0.717, 1.165) is 17.3 Å². The molecule has 1 aromatic carbocycles. The van der Waals surface area contributed by atoms with Crippen LogP contribution < -0.4 is 10.6 Å². The summed E-state index contributed by atoms with van der Waals surface area (Å²) in [5, 5.41) is -0.0756. The maximum absolute atomic E-state index is 16.1. The SMILES string of the molecule is C=CC(=O)N1CCN(c2nc(=O)n(-c3c(C)ccnc3C(C)C)c3nc(-c4c(F)cccc4SC(C)=O)c(F)cc23)[C@@H](C)C1. The topological polar surface area (TPSA) is 101 Å². The third-order valence-electron chi connectivity index (χ3n) is 7.58. The van der Waals surface area contributed by atoms with Crippen LogP contribution in [0.5, 0.6) is 0 Å². The number of rotatable bonds is 6. The maximum Gasteiger partial charge on any atom is 0.355 e. The molecule has 1 atom stereocenters. The average molecular weight is 619 g/mol. The second-order valence-corrected chi connectivity index (χ2v) is 12.2. The highest BCUT2D eigenvalue weighted by atomic mass is 32.2. The van der Waals surface area contributed by atoms with Crippen LogP contribution in [0.15, 0.2) is 58.9 Å². The number of pyridine rings is 2. The van der Waals surface area contributed by atoms with Crippen molar-refractivity contribution in [1.29, 1.82) is 0 Å². The third-order valence-corrected chi connectivity index (χ3v) is 8.43. The van der Waals surface area contributed by atoms with E-state index >= 15 is 8.78 Å². The molecule has 1 aliphatic heterocycles. The Kier molecular flexibility index (Phi) is 8.64. The van der Waals surface area contributed by atoms with Crippen LogP contribution in [0.1, 0.15) is 44.9 Å². The number of hydrogen-bond donors (Lipinski definition) is 0. The highest BCUT2D eigenvalue weighted by Crippen LogP contribution is 2.38. The number of amides is 1. The molecule has 3 aromatic heterocycles. The number of anilines is 1. The predicted octanol–water partition coefficient (Wildman–Crippen LogP) is 5.41. The van der Waals surface area contributed by atoms with Crippen LogP contribution >= 0.6 is 11.8 Å². The minimum absolute atomic E-state index is 0.0632. The second-order valence-electron chi connectivity index (χ2n) is 11.0. The number of benzene rings is 1. The fraction of sp³-hybridized carbons (Fsp3) is 0.312. The normalized spacial score (nSPS) is 15.2. The number of thioether (sulfide) groups is 1. The number of carbonyl (C=O) groups excluding carboxylic acids is 2. The highest BCUT2D eigenvalue weighted by molar-refractivity contribution is 8.13. The first-order valence-electron chi connectivity index (χ1n) is 14.2. The van der Waals surface area contributed by atoms with Crippen LogP contribution in [-0.2, 0) is 9.59 Å². The van der Waals surface area contributed by atoms with Gasteiger partial charge in [0.2, 0.25) is 5.91 Å². The molecule has 1 fully saturated rings. The van der Waals surface area contributed by atoms with E-state index in [-0.39, 0.29) is 56.0 Å². The molecule has 1 amide bonds. The third kappa shape index (κ3) is 5.61. The van der Waals surface area contributed by atoms with Crippen LogP contribution in [0, 0.1) is 18.6 Å². The maximum atomic E-state index is 16.1. The minimum atomic E-state index is -0.846. The molecule has 1 aliphatic rings. The summed E-state index contributed by atoms with van der Waals surface area (Å²) in [5.74, 6) is -1.70. The monoisotopic (exact) mass is 618 g/mol.